The zero-order chi connectivity index (χ0) is 15.3. The second-order valence-electron chi connectivity index (χ2n) is 5.81. The summed E-state index contributed by atoms with van der Waals surface area (Å²) in [7, 11) is 1.36. The van der Waals surface area contributed by atoms with Crippen molar-refractivity contribution in [2.45, 2.75) is 40.0 Å². The van der Waals surface area contributed by atoms with Gasteiger partial charge < -0.3 is 9.53 Å². The molecule has 0 heterocycles. The molecule has 4 heteroatoms. The molecule has 0 radical (unpaired) electrons. The maximum absolute atomic E-state index is 12.2. The monoisotopic (exact) mass is 280 g/mol. The molecule has 0 amide bonds. The maximum atomic E-state index is 12.2. The number of rotatable bonds is 6. The number of methoxy groups -OCH3 is 1. The van der Waals surface area contributed by atoms with E-state index >= 15 is 0 Å². The van der Waals surface area contributed by atoms with Gasteiger partial charge in [0.25, 0.3) is 0 Å². The number of hydrogen-bond donors (Lipinski definition) is 0. The second-order valence-corrected chi connectivity index (χ2v) is 5.81. The SMILES string of the molecule is COC(=O)[C@@H]1[C@H](CCCC=O)C(C)=CC(=O)[C@H]1C(C)C. The fourth-order valence-electron chi connectivity index (χ4n) is 3.16. The third-order valence-electron chi connectivity index (χ3n) is 4.13. The molecule has 112 valence electrons. The Bertz CT molecular complexity index is 409. The minimum absolute atomic E-state index is 0.00694. The van der Waals surface area contributed by atoms with Gasteiger partial charge in [0.05, 0.1) is 13.0 Å². The van der Waals surface area contributed by atoms with E-state index in [0.717, 1.165) is 24.7 Å². The van der Waals surface area contributed by atoms with Gasteiger partial charge in [0.15, 0.2) is 5.78 Å². The highest BCUT2D eigenvalue weighted by Crippen LogP contribution is 2.40. The molecule has 0 saturated carbocycles. The summed E-state index contributed by atoms with van der Waals surface area (Å²) in [4.78, 5) is 34.8. The van der Waals surface area contributed by atoms with E-state index in [1.807, 2.05) is 20.8 Å². The van der Waals surface area contributed by atoms with Crippen molar-refractivity contribution in [3.63, 3.8) is 0 Å². The Balaban J connectivity index is 3.07. The van der Waals surface area contributed by atoms with Crippen LogP contribution in [-0.2, 0) is 19.1 Å². The normalized spacial score (nSPS) is 26.4. The number of allylic oxidation sites excluding steroid dienone is 2. The lowest BCUT2D eigenvalue weighted by molar-refractivity contribution is -0.153. The molecule has 0 bridgehead atoms. The van der Waals surface area contributed by atoms with Crippen LogP contribution in [0.3, 0.4) is 0 Å². The van der Waals surface area contributed by atoms with E-state index in [1.165, 1.54) is 7.11 Å². The highest BCUT2D eigenvalue weighted by molar-refractivity contribution is 5.97. The largest absolute Gasteiger partial charge is 0.469 e. The van der Waals surface area contributed by atoms with Crippen molar-refractivity contribution >= 4 is 18.0 Å². The zero-order valence-electron chi connectivity index (χ0n) is 12.7. The maximum Gasteiger partial charge on any atom is 0.310 e. The number of hydrogen-bond acceptors (Lipinski definition) is 4. The summed E-state index contributed by atoms with van der Waals surface area (Å²) in [5.74, 6) is -0.978. The van der Waals surface area contributed by atoms with Crippen molar-refractivity contribution in [3.05, 3.63) is 11.6 Å². The van der Waals surface area contributed by atoms with Gasteiger partial charge in [0.1, 0.15) is 6.29 Å². The molecule has 0 spiro atoms. The van der Waals surface area contributed by atoms with E-state index in [0.29, 0.717) is 6.42 Å². The van der Waals surface area contributed by atoms with Crippen LogP contribution in [0, 0.1) is 23.7 Å². The summed E-state index contributed by atoms with van der Waals surface area (Å²) < 4.78 is 4.92. The van der Waals surface area contributed by atoms with Gasteiger partial charge in [-0.15, -0.1) is 0 Å². The predicted octanol–water partition coefficient (Wildman–Crippen LogP) is 2.56. The number of ether oxygens (including phenoxy) is 1. The summed E-state index contributed by atoms with van der Waals surface area (Å²) in [5, 5.41) is 0. The average Bonchev–Trinajstić information content (AvgIpc) is 2.39. The molecule has 4 nitrogen and oxygen atoms in total. The molecule has 0 fully saturated rings. The number of unbranched alkanes of at least 4 members (excludes halogenated alkanes) is 1. The quantitative estimate of drug-likeness (QED) is 0.426. The van der Waals surface area contributed by atoms with E-state index in [-0.39, 0.29) is 29.5 Å². The van der Waals surface area contributed by atoms with Gasteiger partial charge in [0, 0.05) is 12.3 Å². The van der Waals surface area contributed by atoms with E-state index < -0.39 is 5.92 Å². The summed E-state index contributed by atoms with van der Waals surface area (Å²) in [6, 6.07) is 0. The van der Waals surface area contributed by atoms with Crippen LogP contribution in [0.4, 0.5) is 0 Å². The highest BCUT2D eigenvalue weighted by Gasteiger charge is 2.44. The smallest absolute Gasteiger partial charge is 0.310 e. The van der Waals surface area contributed by atoms with Crippen LogP contribution in [0.2, 0.25) is 0 Å². The molecule has 0 aromatic carbocycles. The van der Waals surface area contributed by atoms with Gasteiger partial charge in [-0.1, -0.05) is 19.4 Å². The first-order valence-electron chi connectivity index (χ1n) is 7.17. The van der Waals surface area contributed by atoms with Crippen molar-refractivity contribution < 1.29 is 19.1 Å². The number of esters is 1. The Morgan fingerprint density at radius 2 is 2.10 bits per heavy atom. The fraction of sp³-hybridized carbons (Fsp3) is 0.688. The van der Waals surface area contributed by atoms with Crippen LogP contribution in [-0.4, -0.2) is 25.1 Å². The summed E-state index contributed by atoms with van der Waals surface area (Å²) in [6.07, 6.45) is 4.50. The molecular formula is C16H24O4. The van der Waals surface area contributed by atoms with Gasteiger partial charge in [-0.2, -0.15) is 0 Å². The Kier molecular flexibility index (Phi) is 6.11. The summed E-state index contributed by atoms with van der Waals surface area (Å²) in [6.45, 7) is 5.79. The van der Waals surface area contributed by atoms with Crippen molar-refractivity contribution in [1.82, 2.24) is 0 Å². The lowest BCUT2D eigenvalue weighted by Gasteiger charge is -2.36. The molecule has 1 aliphatic carbocycles. The topological polar surface area (TPSA) is 60.4 Å². The molecule has 1 rings (SSSR count). The van der Waals surface area contributed by atoms with Crippen LogP contribution >= 0.6 is 0 Å². The van der Waals surface area contributed by atoms with Gasteiger partial charge in [0.2, 0.25) is 0 Å². The van der Waals surface area contributed by atoms with Crippen LogP contribution in [0.1, 0.15) is 40.0 Å². The van der Waals surface area contributed by atoms with Gasteiger partial charge >= 0.3 is 5.97 Å². The molecular weight excluding hydrogens is 256 g/mol. The molecule has 0 saturated heterocycles. The van der Waals surface area contributed by atoms with Crippen LogP contribution in [0.5, 0.6) is 0 Å². The number of carbonyl (C=O) groups is 3. The Morgan fingerprint density at radius 3 is 2.60 bits per heavy atom. The van der Waals surface area contributed by atoms with E-state index in [2.05, 4.69) is 0 Å². The van der Waals surface area contributed by atoms with Crippen molar-refractivity contribution in [1.29, 1.82) is 0 Å². The minimum atomic E-state index is -0.427. The van der Waals surface area contributed by atoms with Gasteiger partial charge in [-0.3, -0.25) is 9.59 Å². The van der Waals surface area contributed by atoms with Crippen molar-refractivity contribution in [2.75, 3.05) is 7.11 Å². The van der Waals surface area contributed by atoms with Gasteiger partial charge in [-0.25, -0.2) is 0 Å². The molecule has 0 aliphatic heterocycles. The minimum Gasteiger partial charge on any atom is -0.469 e. The number of aldehydes is 1. The number of carbonyl (C=O) groups excluding carboxylic acids is 3. The van der Waals surface area contributed by atoms with Crippen molar-refractivity contribution in [2.24, 2.45) is 23.7 Å². The Labute approximate surface area is 120 Å². The molecule has 20 heavy (non-hydrogen) atoms. The van der Waals surface area contributed by atoms with E-state index in [9.17, 15) is 14.4 Å². The molecule has 0 aromatic heterocycles. The predicted molar refractivity (Wildman–Crippen MR) is 76.0 cm³/mol. The standard InChI is InChI=1S/C16H24O4/c1-10(2)14-13(18)9-11(3)12(7-5-6-8-17)15(14)16(19)20-4/h8-10,12,14-15H,5-7H2,1-4H3/t12-,14-,15-/m1/s1. The first kappa shape index (κ1) is 16.6. The lowest BCUT2D eigenvalue weighted by Crippen LogP contribution is -2.42. The van der Waals surface area contributed by atoms with Crippen LogP contribution in [0.15, 0.2) is 11.6 Å². The summed E-state index contributed by atoms with van der Waals surface area (Å²) in [5.41, 5.74) is 0.924. The Hall–Kier alpha value is -1.45. The number of ketones is 1. The first-order valence-corrected chi connectivity index (χ1v) is 7.17. The van der Waals surface area contributed by atoms with E-state index in [1.54, 1.807) is 6.08 Å². The highest BCUT2D eigenvalue weighted by atomic mass is 16.5. The zero-order valence-corrected chi connectivity index (χ0v) is 12.7. The third kappa shape index (κ3) is 3.56. The van der Waals surface area contributed by atoms with E-state index in [4.69, 9.17) is 4.74 Å². The molecule has 0 unspecified atom stereocenters. The molecule has 0 N–H and O–H groups in total. The molecule has 0 aromatic rings. The van der Waals surface area contributed by atoms with Crippen LogP contribution < -0.4 is 0 Å². The fourth-order valence-corrected chi connectivity index (χ4v) is 3.16. The molecule has 1 aliphatic rings. The van der Waals surface area contributed by atoms with Gasteiger partial charge in [-0.05, 0) is 37.7 Å². The van der Waals surface area contributed by atoms with Crippen molar-refractivity contribution in [3.8, 4) is 0 Å². The average molecular weight is 280 g/mol. The second kappa shape index (κ2) is 7.36. The molecule has 3 atom stereocenters. The lowest BCUT2D eigenvalue weighted by atomic mass is 9.66. The third-order valence-corrected chi connectivity index (χ3v) is 4.13. The summed E-state index contributed by atoms with van der Waals surface area (Å²) >= 11 is 0. The Morgan fingerprint density at radius 1 is 1.45 bits per heavy atom. The van der Waals surface area contributed by atoms with Crippen LogP contribution in [0.25, 0.3) is 0 Å². The first-order chi connectivity index (χ1) is 9.43.